The van der Waals surface area contributed by atoms with Gasteiger partial charge in [0.25, 0.3) is 0 Å². The number of carbonyl (C=O) groups is 1. The van der Waals surface area contributed by atoms with Crippen LogP contribution in [-0.4, -0.2) is 5.78 Å². The number of carbonyl (C=O) groups excluding carboxylic acids is 1. The van der Waals surface area contributed by atoms with E-state index in [1.807, 2.05) is 6.08 Å². The highest BCUT2D eigenvalue weighted by molar-refractivity contribution is 5.92. The van der Waals surface area contributed by atoms with Gasteiger partial charge < -0.3 is 0 Å². The first-order valence-electron chi connectivity index (χ1n) is 8.36. The summed E-state index contributed by atoms with van der Waals surface area (Å²) in [5, 5.41) is 0. The third kappa shape index (κ3) is 1.65. The van der Waals surface area contributed by atoms with Gasteiger partial charge in [0.15, 0.2) is 5.78 Å². The number of allylic oxidation sites excluding steroid dienone is 6. The van der Waals surface area contributed by atoms with Crippen molar-refractivity contribution in [3.05, 3.63) is 35.5 Å². The molecule has 1 heteroatoms. The zero-order valence-corrected chi connectivity index (χ0v) is 12.4. The Morgan fingerprint density at radius 3 is 3.10 bits per heavy atom. The van der Waals surface area contributed by atoms with Gasteiger partial charge in [-0.05, 0) is 55.1 Å². The Balaban J connectivity index is 1.75. The van der Waals surface area contributed by atoms with E-state index in [0.29, 0.717) is 23.0 Å². The number of hydrogen-bond donors (Lipinski definition) is 0. The monoisotopic (exact) mass is 268 g/mol. The third-order valence-corrected chi connectivity index (χ3v) is 6.55. The molecule has 106 valence electrons. The maximum absolute atomic E-state index is 11.6. The van der Waals surface area contributed by atoms with Crippen molar-refractivity contribution < 1.29 is 4.79 Å². The Hall–Kier alpha value is -1.11. The minimum atomic E-state index is 0.319. The number of hydrogen-bond acceptors (Lipinski definition) is 1. The highest BCUT2D eigenvalue weighted by Crippen LogP contribution is 2.59. The molecule has 4 aliphatic carbocycles. The fourth-order valence-corrected chi connectivity index (χ4v) is 5.42. The Labute approximate surface area is 121 Å². The largest absolute Gasteiger partial charge is 0.295 e. The van der Waals surface area contributed by atoms with Gasteiger partial charge in [0, 0.05) is 18.3 Å². The predicted octanol–water partition coefficient (Wildman–Crippen LogP) is 4.60. The SMILES string of the molecule is CC[C@]12CC=C3[C@H]4CCC(=O)C=C4C=C[C@H]3[C@@H]1CCC2. The molecule has 0 heterocycles. The van der Waals surface area contributed by atoms with Crippen LogP contribution in [0.25, 0.3) is 0 Å². The molecule has 4 rings (SSSR count). The molecular weight excluding hydrogens is 244 g/mol. The molecule has 0 unspecified atom stereocenters. The Morgan fingerprint density at radius 2 is 2.25 bits per heavy atom. The van der Waals surface area contributed by atoms with Crippen LogP contribution in [0.4, 0.5) is 0 Å². The standard InChI is InChI=1S/C19H24O/c1-2-19-10-3-4-18(19)17-7-5-13-12-14(20)6-8-15(13)16(17)9-11-19/h5,7,9,12,15,17-18H,2-4,6,8,10-11H2,1H3/t15-,17+,18-,19-/m0/s1. The molecule has 0 amide bonds. The van der Waals surface area contributed by atoms with E-state index in [2.05, 4.69) is 25.2 Å². The molecule has 0 spiro atoms. The molecule has 1 nitrogen and oxygen atoms in total. The summed E-state index contributed by atoms with van der Waals surface area (Å²) in [7, 11) is 0. The molecule has 0 bridgehead atoms. The molecular formula is C19H24O. The first-order valence-corrected chi connectivity index (χ1v) is 8.36. The molecule has 1 fully saturated rings. The zero-order valence-electron chi connectivity index (χ0n) is 12.4. The van der Waals surface area contributed by atoms with Gasteiger partial charge >= 0.3 is 0 Å². The summed E-state index contributed by atoms with van der Waals surface area (Å²) in [6.07, 6.45) is 17.8. The number of rotatable bonds is 1. The molecule has 0 aromatic rings. The smallest absolute Gasteiger partial charge is 0.156 e. The summed E-state index contributed by atoms with van der Waals surface area (Å²) in [5.41, 5.74) is 3.53. The van der Waals surface area contributed by atoms with Crippen LogP contribution in [0.15, 0.2) is 35.5 Å². The molecule has 4 atom stereocenters. The van der Waals surface area contributed by atoms with Gasteiger partial charge in [-0.1, -0.05) is 37.1 Å². The van der Waals surface area contributed by atoms with Gasteiger partial charge in [-0.3, -0.25) is 4.79 Å². The lowest BCUT2D eigenvalue weighted by molar-refractivity contribution is -0.115. The predicted molar refractivity (Wildman–Crippen MR) is 81.2 cm³/mol. The molecule has 0 N–H and O–H groups in total. The van der Waals surface area contributed by atoms with Crippen molar-refractivity contribution in [2.75, 3.05) is 0 Å². The second-order valence-electron chi connectivity index (χ2n) is 7.21. The first kappa shape index (κ1) is 12.6. The van der Waals surface area contributed by atoms with E-state index in [-0.39, 0.29) is 0 Å². The van der Waals surface area contributed by atoms with Crippen molar-refractivity contribution in [1.29, 1.82) is 0 Å². The van der Waals surface area contributed by atoms with Crippen LogP contribution >= 0.6 is 0 Å². The molecule has 0 saturated heterocycles. The normalized spacial score (nSPS) is 42.5. The number of fused-ring (bicyclic) bond motifs is 5. The maximum Gasteiger partial charge on any atom is 0.156 e. The summed E-state index contributed by atoms with van der Waals surface area (Å²) < 4.78 is 0. The van der Waals surface area contributed by atoms with Gasteiger partial charge in [0.2, 0.25) is 0 Å². The van der Waals surface area contributed by atoms with E-state index in [4.69, 9.17) is 0 Å². The Morgan fingerprint density at radius 1 is 1.35 bits per heavy atom. The van der Waals surface area contributed by atoms with Gasteiger partial charge in [0.1, 0.15) is 0 Å². The van der Waals surface area contributed by atoms with Crippen molar-refractivity contribution in [3.63, 3.8) is 0 Å². The number of ketones is 1. The topological polar surface area (TPSA) is 17.1 Å². The van der Waals surface area contributed by atoms with Gasteiger partial charge in [0.05, 0.1) is 0 Å². The van der Waals surface area contributed by atoms with Gasteiger partial charge in [-0.25, -0.2) is 0 Å². The van der Waals surface area contributed by atoms with E-state index in [1.165, 1.54) is 37.7 Å². The molecule has 1 saturated carbocycles. The lowest BCUT2D eigenvalue weighted by Gasteiger charge is -2.47. The Bertz CT molecular complexity index is 536. The zero-order chi connectivity index (χ0) is 13.7. The molecule has 0 aromatic carbocycles. The average Bonchev–Trinajstić information content (AvgIpc) is 2.91. The lowest BCUT2D eigenvalue weighted by Crippen LogP contribution is -2.37. The van der Waals surface area contributed by atoms with Crippen molar-refractivity contribution >= 4 is 5.78 Å². The van der Waals surface area contributed by atoms with Crippen LogP contribution in [0.3, 0.4) is 0 Å². The van der Waals surface area contributed by atoms with Crippen molar-refractivity contribution in [2.45, 2.75) is 51.9 Å². The second kappa shape index (κ2) is 4.44. The van der Waals surface area contributed by atoms with E-state index in [9.17, 15) is 4.79 Å². The molecule has 20 heavy (non-hydrogen) atoms. The molecule has 0 aromatic heterocycles. The van der Waals surface area contributed by atoms with Crippen LogP contribution in [0, 0.1) is 23.2 Å². The Kier molecular flexibility index (Phi) is 2.80. The van der Waals surface area contributed by atoms with E-state index < -0.39 is 0 Å². The summed E-state index contributed by atoms with van der Waals surface area (Å²) in [6.45, 7) is 2.38. The molecule has 0 aliphatic heterocycles. The second-order valence-corrected chi connectivity index (χ2v) is 7.21. The quantitative estimate of drug-likeness (QED) is 0.635. The summed E-state index contributed by atoms with van der Waals surface area (Å²) in [4.78, 5) is 11.6. The fourth-order valence-electron chi connectivity index (χ4n) is 5.42. The van der Waals surface area contributed by atoms with E-state index >= 15 is 0 Å². The van der Waals surface area contributed by atoms with E-state index in [1.54, 1.807) is 5.57 Å². The summed E-state index contributed by atoms with van der Waals surface area (Å²) >= 11 is 0. The fraction of sp³-hybridized carbons (Fsp3) is 0.632. The minimum Gasteiger partial charge on any atom is -0.295 e. The summed E-state index contributed by atoms with van der Waals surface area (Å²) in [6, 6.07) is 0. The van der Waals surface area contributed by atoms with Crippen LogP contribution in [0.5, 0.6) is 0 Å². The molecule has 0 radical (unpaired) electrons. The van der Waals surface area contributed by atoms with Gasteiger partial charge in [-0.2, -0.15) is 0 Å². The van der Waals surface area contributed by atoms with Gasteiger partial charge in [-0.15, -0.1) is 0 Å². The van der Waals surface area contributed by atoms with Crippen LogP contribution in [0.1, 0.15) is 51.9 Å². The van der Waals surface area contributed by atoms with Crippen molar-refractivity contribution in [3.8, 4) is 0 Å². The van der Waals surface area contributed by atoms with Crippen LogP contribution in [0.2, 0.25) is 0 Å². The average molecular weight is 268 g/mol. The third-order valence-electron chi connectivity index (χ3n) is 6.55. The molecule has 4 aliphatic rings. The van der Waals surface area contributed by atoms with Crippen LogP contribution < -0.4 is 0 Å². The summed E-state index contributed by atoms with van der Waals surface area (Å²) in [5.74, 6) is 2.40. The van der Waals surface area contributed by atoms with E-state index in [0.717, 1.165) is 18.8 Å². The highest BCUT2D eigenvalue weighted by atomic mass is 16.1. The first-order chi connectivity index (χ1) is 9.73. The van der Waals surface area contributed by atoms with Crippen molar-refractivity contribution in [1.82, 2.24) is 0 Å². The van der Waals surface area contributed by atoms with Crippen LogP contribution in [-0.2, 0) is 4.79 Å². The lowest BCUT2D eigenvalue weighted by atomic mass is 9.58. The highest BCUT2D eigenvalue weighted by Gasteiger charge is 2.49. The minimum absolute atomic E-state index is 0.319. The maximum atomic E-state index is 11.6. The van der Waals surface area contributed by atoms with Crippen molar-refractivity contribution in [2.24, 2.45) is 23.2 Å².